The van der Waals surface area contributed by atoms with E-state index in [0.717, 1.165) is 0 Å². The van der Waals surface area contributed by atoms with Gasteiger partial charge in [-0.1, -0.05) is 19.9 Å². The number of amides is 3. The number of rotatable bonds is 12. The lowest BCUT2D eigenvalue weighted by molar-refractivity contribution is -0.137. The summed E-state index contributed by atoms with van der Waals surface area (Å²) in [5, 5.41) is 7.78. The monoisotopic (exact) mass is 448 g/mol. The van der Waals surface area contributed by atoms with Crippen molar-refractivity contribution < 1.29 is 23.9 Å². The normalized spacial score (nSPS) is 11.8. The summed E-state index contributed by atoms with van der Waals surface area (Å²) >= 11 is 0. The number of carbonyl (C=O) groups excluding carboxylic acids is 4. The molecule has 0 aliphatic rings. The molecule has 0 spiro atoms. The van der Waals surface area contributed by atoms with Crippen LogP contribution in [-0.2, 0) is 30.5 Å². The third-order valence-corrected chi connectivity index (χ3v) is 4.16. The molecule has 1 rings (SSSR count). The predicted molar refractivity (Wildman–Crippen MR) is 120 cm³/mol. The lowest BCUT2D eigenvalue weighted by Crippen LogP contribution is -2.44. The number of pyridine rings is 1. The van der Waals surface area contributed by atoms with Gasteiger partial charge in [-0.2, -0.15) is 0 Å². The number of hydrogen-bond acceptors (Lipinski definition) is 6. The second kappa shape index (κ2) is 13.8. The zero-order valence-electron chi connectivity index (χ0n) is 19.0. The molecule has 0 aliphatic carbocycles. The summed E-state index contributed by atoms with van der Waals surface area (Å²) in [6.07, 6.45) is 4.79. The molecule has 0 aromatic carbocycles. The lowest BCUT2D eigenvalue weighted by Gasteiger charge is -2.17. The Morgan fingerprint density at radius 1 is 1.22 bits per heavy atom. The van der Waals surface area contributed by atoms with Crippen LogP contribution in [-0.4, -0.2) is 47.5 Å². The highest BCUT2D eigenvalue weighted by atomic mass is 16.5. The maximum Gasteiger partial charge on any atom is 0.330 e. The van der Waals surface area contributed by atoms with Gasteiger partial charge in [-0.15, -0.1) is 0 Å². The van der Waals surface area contributed by atoms with Gasteiger partial charge in [-0.25, -0.2) is 4.79 Å². The highest BCUT2D eigenvalue weighted by Gasteiger charge is 2.20. The van der Waals surface area contributed by atoms with Gasteiger partial charge in [0.15, 0.2) is 0 Å². The number of nitrogens with zero attached hydrogens (tertiary/aromatic N) is 1. The maximum atomic E-state index is 12.7. The molecule has 0 aliphatic heterocycles. The molecule has 0 saturated carbocycles. The molecule has 1 aromatic heterocycles. The summed E-state index contributed by atoms with van der Waals surface area (Å²) in [5.74, 6) is -1.51. The summed E-state index contributed by atoms with van der Waals surface area (Å²) in [6.45, 7) is 7.46. The largest absolute Gasteiger partial charge is 0.463 e. The lowest BCUT2D eigenvalue weighted by atomic mass is 10.1. The van der Waals surface area contributed by atoms with Crippen LogP contribution in [0.25, 0.3) is 0 Å². The van der Waals surface area contributed by atoms with Crippen molar-refractivity contribution in [2.75, 3.05) is 18.5 Å². The average Bonchev–Trinajstić information content (AvgIpc) is 2.71. The molecular formula is C22H32N4O6. The Morgan fingerprint density at radius 2 is 1.94 bits per heavy atom. The Morgan fingerprint density at radius 3 is 2.56 bits per heavy atom. The Kier molecular flexibility index (Phi) is 11.5. The van der Waals surface area contributed by atoms with Crippen LogP contribution in [0.15, 0.2) is 35.3 Å². The number of carbonyl (C=O) groups is 4. The van der Waals surface area contributed by atoms with Gasteiger partial charge >= 0.3 is 5.97 Å². The maximum absolute atomic E-state index is 12.7. The van der Waals surface area contributed by atoms with Gasteiger partial charge in [0.1, 0.15) is 18.3 Å². The second-order valence-electron chi connectivity index (χ2n) is 7.53. The fraction of sp³-hybridized carbons (Fsp3) is 0.500. The molecular weight excluding hydrogens is 416 g/mol. The minimum atomic E-state index is -0.915. The van der Waals surface area contributed by atoms with E-state index < -0.39 is 29.4 Å². The van der Waals surface area contributed by atoms with Gasteiger partial charge in [0.25, 0.3) is 5.56 Å². The molecule has 176 valence electrons. The molecule has 1 heterocycles. The minimum absolute atomic E-state index is 0.00780. The first-order chi connectivity index (χ1) is 15.1. The molecule has 0 saturated heterocycles. The molecule has 1 atom stereocenters. The van der Waals surface area contributed by atoms with E-state index in [9.17, 15) is 24.0 Å². The molecule has 0 bridgehead atoms. The predicted octanol–water partition coefficient (Wildman–Crippen LogP) is 0.963. The van der Waals surface area contributed by atoms with Crippen molar-refractivity contribution in [3.63, 3.8) is 0 Å². The summed E-state index contributed by atoms with van der Waals surface area (Å²) in [4.78, 5) is 60.2. The zero-order chi connectivity index (χ0) is 24.1. The molecule has 32 heavy (non-hydrogen) atoms. The molecule has 0 radical (unpaired) electrons. The molecule has 3 amide bonds. The van der Waals surface area contributed by atoms with E-state index in [1.807, 2.05) is 13.8 Å². The van der Waals surface area contributed by atoms with Crippen LogP contribution in [0.3, 0.4) is 0 Å². The Balaban J connectivity index is 2.82. The first-order valence-corrected chi connectivity index (χ1v) is 10.5. The Bertz CT molecular complexity index is 891. The van der Waals surface area contributed by atoms with Gasteiger partial charge in [0, 0.05) is 25.7 Å². The van der Waals surface area contributed by atoms with Crippen molar-refractivity contribution in [1.82, 2.24) is 15.2 Å². The quantitative estimate of drug-likeness (QED) is 0.322. The number of nitrogens with one attached hydrogen (secondary N) is 3. The van der Waals surface area contributed by atoms with Crippen molar-refractivity contribution in [1.29, 1.82) is 0 Å². The van der Waals surface area contributed by atoms with E-state index in [1.165, 1.54) is 29.8 Å². The Labute approximate surface area is 187 Å². The number of hydrogen-bond donors (Lipinski definition) is 3. The highest BCUT2D eigenvalue weighted by Crippen LogP contribution is 2.05. The van der Waals surface area contributed by atoms with Crippen LogP contribution in [0.2, 0.25) is 0 Å². The third-order valence-electron chi connectivity index (χ3n) is 4.16. The number of esters is 1. The van der Waals surface area contributed by atoms with Crippen LogP contribution in [0.4, 0.5) is 5.69 Å². The van der Waals surface area contributed by atoms with E-state index in [1.54, 1.807) is 19.1 Å². The number of aromatic nitrogens is 1. The Hall–Kier alpha value is -3.43. The van der Waals surface area contributed by atoms with Crippen LogP contribution in [0, 0.1) is 5.92 Å². The fourth-order valence-electron chi connectivity index (χ4n) is 2.65. The van der Waals surface area contributed by atoms with E-state index >= 15 is 0 Å². The smallest absolute Gasteiger partial charge is 0.330 e. The summed E-state index contributed by atoms with van der Waals surface area (Å²) < 4.78 is 5.97. The summed E-state index contributed by atoms with van der Waals surface area (Å²) in [7, 11) is 0. The van der Waals surface area contributed by atoms with Crippen LogP contribution < -0.4 is 21.5 Å². The summed E-state index contributed by atoms with van der Waals surface area (Å²) in [5.41, 5.74) is -0.545. The SMILES string of the molecule is CCOC(=O)C=CCCC(NC(C)=O)C(=O)Nc1cccn(CC(=O)NCC(C)C)c1=O. The number of allylic oxidation sites excluding steroid dienone is 1. The first kappa shape index (κ1) is 26.6. The van der Waals surface area contributed by atoms with Gasteiger partial charge < -0.3 is 25.3 Å². The van der Waals surface area contributed by atoms with Crippen LogP contribution >= 0.6 is 0 Å². The summed E-state index contributed by atoms with van der Waals surface area (Å²) in [6, 6.07) is 2.05. The topological polar surface area (TPSA) is 136 Å². The van der Waals surface area contributed by atoms with Crippen LogP contribution in [0.5, 0.6) is 0 Å². The highest BCUT2D eigenvalue weighted by molar-refractivity contribution is 5.96. The van der Waals surface area contributed by atoms with Gasteiger partial charge in [-0.3, -0.25) is 19.2 Å². The standard InChI is InChI=1S/C22H32N4O6/c1-5-32-20(29)11-7-6-9-17(24-16(4)27)21(30)25-18-10-8-12-26(22(18)31)14-19(28)23-13-15(2)3/h7-8,10-12,15,17H,5-6,9,13-14H2,1-4H3,(H,23,28)(H,24,27)(H,25,30). The van der Waals surface area contributed by atoms with Gasteiger partial charge in [0.2, 0.25) is 17.7 Å². The average molecular weight is 449 g/mol. The second-order valence-corrected chi connectivity index (χ2v) is 7.53. The number of ether oxygens (including phenoxy) is 1. The van der Waals surface area contributed by atoms with Crippen molar-refractivity contribution in [3.8, 4) is 0 Å². The number of anilines is 1. The van der Waals surface area contributed by atoms with Crippen molar-refractivity contribution >= 4 is 29.4 Å². The molecule has 10 nitrogen and oxygen atoms in total. The van der Waals surface area contributed by atoms with Crippen molar-refractivity contribution in [2.24, 2.45) is 5.92 Å². The molecule has 10 heteroatoms. The van der Waals surface area contributed by atoms with E-state index in [4.69, 9.17) is 4.74 Å². The first-order valence-electron chi connectivity index (χ1n) is 10.5. The molecule has 1 unspecified atom stereocenters. The zero-order valence-corrected chi connectivity index (χ0v) is 19.0. The van der Waals surface area contributed by atoms with Gasteiger partial charge in [-0.05, 0) is 37.8 Å². The van der Waals surface area contributed by atoms with Gasteiger partial charge in [0.05, 0.1) is 6.61 Å². The molecule has 1 aromatic rings. The molecule has 3 N–H and O–H groups in total. The van der Waals surface area contributed by atoms with E-state index in [2.05, 4.69) is 16.0 Å². The van der Waals surface area contributed by atoms with E-state index in [0.29, 0.717) is 13.0 Å². The third kappa shape index (κ3) is 10.1. The van der Waals surface area contributed by atoms with E-state index in [-0.39, 0.29) is 37.1 Å². The minimum Gasteiger partial charge on any atom is -0.463 e. The van der Waals surface area contributed by atoms with Crippen molar-refractivity contribution in [3.05, 3.63) is 40.8 Å². The van der Waals surface area contributed by atoms with Crippen LogP contribution in [0.1, 0.15) is 40.5 Å². The molecule has 0 fully saturated rings. The fourth-order valence-corrected chi connectivity index (χ4v) is 2.65. The van der Waals surface area contributed by atoms with Crippen molar-refractivity contribution in [2.45, 2.75) is 53.1 Å².